The maximum Gasteiger partial charge on any atom is 0.258 e. The van der Waals surface area contributed by atoms with Crippen LogP contribution < -0.4 is 10.6 Å². The number of hydrogen-bond donors (Lipinski definition) is 2. The minimum absolute atomic E-state index is 0.211. The first-order valence-electron chi connectivity index (χ1n) is 10.0. The second-order valence-corrected chi connectivity index (χ2v) is 7.10. The predicted molar refractivity (Wildman–Crippen MR) is 114 cm³/mol. The summed E-state index contributed by atoms with van der Waals surface area (Å²) in [6.45, 7) is 7.64. The number of likely N-dealkylation sites (N-methyl/N-ethyl adjacent to an activating group) is 1. The van der Waals surface area contributed by atoms with Gasteiger partial charge in [-0.05, 0) is 43.4 Å². The lowest BCUT2D eigenvalue weighted by molar-refractivity contribution is 0.0879. The second kappa shape index (κ2) is 8.08. The number of nitrogens with one attached hydrogen (secondary N) is 2. The highest BCUT2D eigenvalue weighted by Gasteiger charge is 2.27. The van der Waals surface area contributed by atoms with Crippen LogP contribution in [0.4, 0.5) is 5.95 Å². The number of para-hydroxylation sites is 2. The van der Waals surface area contributed by atoms with Crippen molar-refractivity contribution in [2.75, 3.05) is 25.0 Å². The van der Waals surface area contributed by atoms with Crippen LogP contribution in [0.2, 0.25) is 0 Å². The van der Waals surface area contributed by atoms with Gasteiger partial charge in [0.2, 0.25) is 5.95 Å². The van der Waals surface area contributed by atoms with E-state index in [0.717, 1.165) is 30.7 Å². The van der Waals surface area contributed by atoms with Crippen LogP contribution in [0.3, 0.4) is 0 Å². The number of benzene rings is 2. The molecule has 1 aliphatic rings. The molecule has 1 aromatic heterocycles. The van der Waals surface area contributed by atoms with E-state index in [0.29, 0.717) is 18.1 Å². The summed E-state index contributed by atoms with van der Waals surface area (Å²) < 4.78 is 2.00. The first-order chi connectivity index (χ1) is 14.5. The van der Waals surface area contributed by atoms with Crippen molar-refractivity contribution in [3.63, 3.8) is 0 Å². The number of hydrogen-bond acceptors (Lipinski definition) is 5. The van der Waals surface area contributed by atoms with Crippen LogP contribution in [0.25, 0.3) is 11.0 Å². The highest BCUT2D eigenvalue weighted by Crippen LogP contribution is 2.22. The summed E-state index contributed by atoms with van der Waals surface area (Å²) in [5.74, 6) is -0.866. The van der Waals surface area contributed by atoms with E-state index in [9.17, 15) is 14.4 Å². The molecule has 2 heterocycles. The van der Waals surface area contributed by atoms with Gasteiger partial charge in [0.15, 0.2) is 0 Å². The standard InChI is InChI=1S/C22H23N5O3/c1-3-26(4-2)11-12-27-18-8-6-5-7-17(18)23-22(27)25-19(28)14-9-10-15-16(13-14)21(30)24-20(15)29/h5-10,13H,3-4,11-12H2,1-2H3,(H,23,25,28)(H,24,29,30). The van der Waals surface area contributed by atoms with E-state index < -0.39 is 11.8 Å². The summed E-state index contributed by atoms with van der Waals surface area (Å²) in [6.07, 6.45) is 0. The van der Waals surface area contributed by atoms with Crippen LogP contribution in [0.15, 0.2) is 42.5 Å². The minimum Gasteiger partial charge on any atom is -0.309 e. The van der Waals surface area contributed by atoms with Gasteiger partial charge in [-0.2, -0.15) is 0 Å². The Morgan fingerprint density at radius 3 is 2.57 bits per heavy atom. The highest BCUT2D eigenvalue weighted by molar-refractivity contribution is 6.22. The maximum atomic E-state index is 12.9. The number of amides is 3. The van der Waals surface area contributed by atoms with Crippen molar-refractivity contribution in [3.8, 4) is 0 Å². The van der Waals surface area contributed by atoms with Crippen LogP contribution in [0.5, 0.6) is 0 Å². The van der Waals surface area contributed by atoms with Gasteiger partial charge in [0.1, 0.15) is 0 Å². The van der Waals surface area contributed by atoms with Gasteiger partial charge in [-0.15, -0.1) is 0 Å². The molecule has 1 aliphatic heterocycles. The molecule has 0 saturated heterocycles. The Morgan fingerprint density at radius 1 is 1.07 bits per heavy atom. The lowest BCUT2D eigenvalue weighted by Gasteiger charge is -2.19. The number of imidazole rings is 1. The lowest BCUT2D eigenvalue weighted by Crippen LogP contribution is -2.27. The van der Waals surface area contributed by atoms with Crippen molar-refractivity contribution in [1.29, 1.82) is 0 Å². The van der Waals surface area contributed by atoms with Crippen molar-refractivity contribution < 1.29 is 14.4 Å². The molecule has 0 spiro atoms. The number of nitrogens with zero attached hydrogens (tertiary/aromatic N) is 3. The van der Waals surface area contributed by atoms with Crippen molar-refractivity contribution in [2.45, 2.75) is 20.4 Å². The average Bonchev–Trinajstić information content (AvgIpc) is 3.25. The smallest absolute Gasteiger partial charge is 0.258 e. The number of aromatic nitrogens is 2. The number of anilines is 1. The van der Waals surface area contributed by atoms with Gasteiger partial charge in [-0.25, -0.2) is 4.98 Å². The monoisotopic (exact) mass is 405 g/mol. The Bertz CT molecular complexity index is 1150. The zero-order valence-electron chi connectivity index (χ0n) is 16.9. The summed E-state index contributed by atoms with van der Waals surface area (Å²) >= 11 is 0. The first-order valence-corrected chi connectivity index (χ1v) is 10.0. The molecule has 8 heteroatoms. The third kappa shape index (κ3) is 3.57. The summed E-state index contributed by atoms with van der Waals surface area (Å²) in [5.41, 5.74) is 2.52. The third-order valence-corrected chi connectivity index (χ3v) is 5.41. The minimum atomic E-state index is -0.490. The highest BCUT2D eigenvalue weighted by atomic mass is 16.2. The van der Waals surface area contributed by atoms with Crippen molar-refractivity contribution in [1.82, 2.24) is 19.8 Å². The van der Waals surface area contributed by atoms with E-state index in [1.54, 1.807) is 0 Å². The van der Waals surface area contributed by atoms with E-state index in [1.165, 1.54) is 18.2 Å². The zero-order chi connectivity index (χ0) is 21.3. The normalized spacial score (nSPS) is 13.0. The SMILES string of the molecule is CCN(CC)CCn1c(NC(=O)c2ccc3c(c2)C(=O)NC3=O)nc2ccccc21. The summed E-state index contributed by atoms with van der Waals surface area (Å²) in [7, 11) is 0. The summed E-state index contributed by atoms with van der Waals surface area (Å²) in [6, 6.07) is 12.2. The Morgan fingerprint density at radius 2 is 1.80 bits per heavy atom. The lowest BCUT2D eigenvalue weighted by atomic mass is 10.1. The molecule has 2 aromatic carbocycles. The molecule has 0 radical (unpaired) electrons. The van der Waals surface area contributed by atoms with E-state index in [4.69, 9.17) is 0 Å². The zero-order valence-corrected chi connectivity index (χ0v) is 16.9. The largest absolute Gasteiger partial charge is 0.309 e. The molecule has 3 amide bonds. The van der Waals surface area contributed by atoms with Gasteiger partial charge in [0.25, 0.3) is 17.7 Å². The Labute approximate surface area is 173 Å². The Hall–Kier alpha value is -3.52. The Balaban J connectivity index is 1.63. The predicted octanol–water partition coefficient (Wildman–Crippen LogP) is 2.51. The molecule has 0 atom stereocenters. The molecule has 30 heavy (non-hydrogen) atoms. The van der Waals surface area contributed by atoms with Crippen molar-refractivity contribution in [2.24, 2.45) is 0 Å². The molecular weight excluding hydrogens is 382 g/mol. The average molecular weight is 405 g/mol. The third-order valence-electron chi connectivity index (χ3n) is 5.41. The maximum absolute atomic E-state index is 12.9. The van der Waals surface area contributed by atoms with Gasteiger partial charge in [-0.3, -0.25) is 25.0 Å². The fraction of sp³-hybridized carbons (Fsp3) is 0.273. The molecule has 4 rings (SSSR count). The molecule has 0 bridgehead atoms. The van der Waals surface area contributed by atoms with Gasteiger partial charge in [0, 0.05) is 18.7 Å². The number of carbonyl (C=O) groups excluding carboxylic acids is 3. The molecule has 8 nitrogen and oxygen atoms in total. The van der Waals surface area contributed by atoms with Crippen molar-refractivity contribution in [3.05, 3.63) is 59.2 Å². The molecule has 0 fully saturated rings. The quantitative estimate of drug-likeness (QED) is 0.589. The molecular formula is C22H23N5O3. The summed E-state index contributed by atoms with van der Waals surface area (Å²) in [5, 5.41) is 5.10. The van der Waals surface area contributed by atoms with Crippen molar-refractivity contribution >= 4 is 34.7 Å². The number of fused-ring (bicyclic) bond motifs is 2. The van der Waals surface area contributed by atoms with Gasteiger partial charge < -0.3 is 9.47 Å². The van der Waals surface area contributed by atoms with Crippen LogP contribution >= 0.6 is 0 Å². The van der Waals surface area contributed by atoms with Gasteiger partial charge in [-0.1, -0.05) is 26.0 Å². The molecule has 2 N–H and O–H groups in total. The molecule has 0 unspecified atom stereocenters. The molecule has 0 aliphatic carbocycles. The van der Waals surface area contributed by atoms with Gasteiger partial charge in [0.05, 0.1) is 22.2 Å². The Kier molecular flexibility index (Phi) is 5.33. The fourth-order valence-electron chi connectivity index (χ4n) is 3.66. The van der Waals surface area contributed by atoms with Crippen LogP contribution in [-0.4, -0.2) is 51.8 Å². The van der Waals surface area contributed by atoms with E-state index in [-0.39, 0.29) is 17.0 Å². The van der Waals surface area contributed by atoms with Gasteiger partial charge >= 0.3 is 0 Å². The topological polar surface area (TPSA) is 96.3 Å². The van der Waals surface area contributed by atoms with E-state index >= 15 is 0 Å². The van der Waals surface area contributed by atoms with Crippen LogP contribution in [0, 0.1) is 0 Å². The van der Waals surface area contributed by atoms with Crippen LogP contribution in [0.1, 0.15) is 44.9 Å². The summed E-state index contributed by atoms with van der Waals surface area (Å²) in [4.78, 5) is 43.4. The molecule has 3 aromatic rings. The number of rotatable bonds is 7. The number of carbonyl (C=O) groups is 3. The van der Waals surface area contributed by atoms with Crippen LogP contribution in [-0.2, 0) is 6.54 Å². The fourth-order valence-corrected chi connectivity index (χ4v) is 3.66. The first kappa shape index (κ1) is 19.8. The molecule has 154 valence electrons. The number of imide groups is 1. The van der Waals surface area contributed by atoms with E-state index in [1.807, 2.05) is 28.8 Å². The molecule has 0 saturated carbocycles. The van der Waals surface area contributed by atoms with E-state index in [2.05, 4.69) is 34.4 Å². The second-order valence-electron chi connectivity index (χ2n) is 7.10.